The Bertz CT molecular complexity index is 283. The highest BCUT2D eigenvalue weighted by atomic mass is 16.3. The van der Waals surface area contributed by atoms with E-state index in [0.717, 1.165) is 5.92 Å². The van der Waals surface area contributed by atoms with Gasteiger partial charge in [0.2, 0.25) is 0 Å². The zero-order chi connectivity index (χ0) is 10.8. The Hall–Kier alpha value is -0.0400. The van der Waals surface area contributed by atoms with Crippen LogP contribution in [-0.4, -0.2) is 11.2 Å². The summed E-state index contributed by atoms with van der Waals surface area (Å²) in [4.78, 5) is 0. The molecule has 1 spiro atoms. The van der Waals surface area contributed by atoms with Crippen molar-refractivity contribution < 1.29 is 5.11 Å². The van der Waals surface area contributed by atoms with Crippen LogP contribution in [0, 0.1) is 28.6 Å². The maximum absolute atomic E-state index is 10.4. The normalized spacial score (nSPS) is 56.8. The molecule has 0 aromatic rings. The SMILES string of the molecule is CC1CC23CC1C(O)C2CCCC3(C)C. The Morgan fingerprint density at radius 2 is 1.93 bits per heavy atom. The average molecular weight is 208 g/mol. The molecule has 0 saturated heterocycles. The van der Waals surface area contributed by atoms with Gasteiger partial charge in [0.1, 0.15) is 0 Å². The van der Waals surface area contributed by atoms with E-state index in [2.05, 4.69) is 20.8 Å². The Balaban J connectivity index is 2.03. The lowest BCUT2D eigenvalue weighted by Gasteiger charge is -2.53. The fourth-order valence-corrected chi connectivity index (χ4v) is 5.33. The van der Waals surface area contributed by atoms with Crippen LogP contribution in [0.15, 0.2) is 0 Å². The van der Waals surface area contributed by atoms with E-state index >= 15 is 0 Å². The van der Waals surface area contributed by atoms with Crippen molar-refractivity contribution in [2.24, 2.45) is 28.6 Å². The topological polar surface area (TPSA) is 20.2 Å². The minimum absolute atomic E-state index is 0.0216. The maximum atomic E-state index is 10.4. The van der Waals surface area contributed by atoms with Crippen molar-refractivity contribution in [2.75, 3.05) is 0 Å². The summed E-state index contributed by atoms with van der Waals surface area (Å²) in [5.41, 5.74) is 0.963. The van der Waals surface area contributed by atoms with Crippen molar-refractivity contribution in [1.82, 2.24) is 0 Å². The smallest absolute Gasteiger partial charge is 0.0604 e. The van der Waals surface area contributed by atoms with Gasteiger partial charge in [-0.3, -0.25) is 0 Å². The predicted octanol–water partition coefficient (Wildman–Crippen LogP) is 3.22. The summed E-state index contributed by atoms with van der Waals surface area (Å²) in [5.74, 6) is 2.00. The van der Waals surface area contributed by atoms with Crippen molar-refractivity contribution >= 4 is 0 Å². The molecule has 5 atom stereocenters. The minimum atomic E-state index is 0.0216. The third kappa shape index (κ3) is 1.03. The third-order valence-electron chi connectivity index (χ3n) is 6.24. The van der Waals surface area contributed by atoms with Crippen molar-refractivity contribution in [3.05, 3.63) is 0 Å². The molecule has 2 bridgehead atoms. The molecule has 0 radical (unpaired) electrons. The Labute approximate surface area is 93.3 Å². The van der Waals surface area contributed by atoms with E-state index in [1.54, 1.807) is 0 Å². The fraction of sp³-hybridized carbons (Fsp3) is 1.00. The molecule has 5 unspecified atom stereocenters. The third-order valence-corrected chi connectivity index (χ3v) is 6.24. The standard InChI is InChI=1S/C14H24O/c1-9-7-14-8-10(9)12(15)11(14)5-4-6-13(14,2)3/h9-12,15H,4-8H2,1-3H3. The molecule has 3 saturated carbocycles. The molecule has 1 N–H and O–H groups in total. The number of rotatable bonds is 0. The zero-order valence-electron chi connectivity index (χ0n) is 10.3. The maximum Gasteiger partial charge on any atom is 0.0604 e. The van der Waals surface area contributed by atoms with Crippen LogP contribution in [0.5, 0.6) is 0 Å². The summed E-state index contributed by atoms with van der Waals surface area (Å²) < 4.78 is 0. The highest BCUT2D eigenvalue weighted by Gasteiger charge is 2.65. The van der Waals surface area contributed by atoms with E-state index in [4.69, 9.17) is 0 Å². The lowest BCUT2D eigenvalue weighted by atomic mass is 9.52. The first-order chi connectivity index (χ1) is 6.98. The summed E-state index contributed by atoms with van der Waals surface area (Å²) in [6, 6.07) is 0. The van der Waals surface area contributed by atoms with Crippen LogP contribution in [0.25, 0.3) is 0 Å². The predicted molar refractivity (Wildman–Crippen MR) is 61.4 cm³/mol. The molecule has 0 aromatic heterocycles. The number of aliphatic hydroxyl groups excluding tert-OH is 1. The van der Waals surface area contributed by atoms with E-state index in [9.17, 15) is 5.11 Å². The molecule has 3 fully saturated rings. The van der Waals surface area contributed by atoms with Crippen LogP contribution in [0.3, 0.4) is 0 Å². The van der Waals surface area contributed by atoms with E-state index in [1.807, 2.05) is 0 Å². The molecule has 0 heterocycles. The van der Waals surface area contributed by atoms with Gasteiger partial charge in [0, 0.05) is 0 Å². The summed E-state index contributed by atoms with van der Waals surface area (Å²) in [7, 11) is 0. The zero-order valence-corrected chi connectivity index (χ0v) is 10.3. The molecule has 1 nitrogen and oxygen atoms in total. The Kier molecular flexibility index (Phi) is 1.89. The van der Waals surface area contributed by atoms with Gasteiger partial charge in [-0.15, -0.1) is 0 Å². The van der Waals surface area contributed by atoms with Gasteiger partial charge in [-0.25, -0.2) is 0 Å². The first kappa shape index (κ1) is 10.1. The molecule has 3 rings (SSSR count). The van der Waals surface area contributed by atoms with Crippen molar-refractivity contribution in [3.63, 3.8) is 0 Å². The molecule has 3 aliphatic rings. The summed E-state index contributed by atoms with van der Waals surface area (Å²) in [6.07, 6.45) is 6.70. The number of aliphatic hydroxyl groups is 1. The van der Waals surface area contributed by atoms with E-state index in [-0.39, 0.29) is 6.10 Å². The second-order valence-electron chi connectivity index (χ2n) is 7.08. The number of hydrogen-bond donors (Lipinski definition) is 1. The number of hydrogen-bond acceptors (Lipinski definition) is 1. The van der Waals surface area contributed by atoms with Gasteiger partial charge in [-0.1, -0.05) is 27.2 Å². The van der Waals surface area contributed by atoms with Crippen LogP contribution in [0.1, 0.15) is 52.9 Å². The van der Waals surface area contributed by atoms with Gasteiger partial charge in [0.25, 0.3) is 0 Å². The van der Waals surface area contributed by atoms with Gasteiger partial charge in [-0.2, -0.15) is 0 Å². The lowest BCUT2D eigenvalue weighted by molar-refractivity contribution is -0.0816. The van der Waals surface area contributed by atoms with Crippen molar-refractivity contribution in [3.8, 4) is 0 Å². The second kappa shape index (κ2) is 2.80. The van der Waals surface area contributed by atoms with E-state index in [0.29, 0.717) is 22.7 Å². The second-order valence-corrected chi connectivity index (χ2v) is 7.08. The van der Waals surface area contributed by atoms with Gasteiger partial charge >= 0.3 is 0 Å². The molecule has 0 aromatic carbocycles. The van der Waals surface area contributed by atoms with Crippen LogP contribution >= 0.6 is 0 Å². The monoisotopic (exact) mass is 208 g/mol. The molecular weight excluding hydrogens is 184 g/mol. The average Bonchev–Trinajstić information content (AvgIpc) is 2.61. The fourth-order valence-electron chi connectivity index (χ4n) is 5.33. The van der Waals surface area contributed by atoms with E-state index in [1.165, 1.54) is 32.1 Å². The summed E-state index contributed by atoms with van der Waals surface area (Å²) in [5, 5.41) is 10.4. The summed E-state index contributed by atoms with van der Waals surface area (Å²) in [6.45, 7) is 7.25. The Morgan fingerprint density at radius 1 is 1.20 bits per heavy atom. The molecule has 3 aliphatic carbocycles. The first-order valence-electron chi connectivity index (χ1n) is 6.66. The molecule has 15 heavy (non-hydrogen) atoms. The minimum Gasteiger partial charge on any atom is -0.393 e. The molecule has 0 amide bonds. The van der Waals surface area contributed by atoms with Crippen LogP contribution in [0.2, 0.25) is 0 Å². The largest absolute Gasteiger partial charge is 0.393 e. The van der Waals surface area contributed by atoms with Crippen molar-refractivity contribution in [1.29, 1.82) is 0 Å². The first-order valence-corrected chi connectivity index (χ1v) is 6.66. The van der Waals surface area contributed by atoms with Gasteiger partial charge in [0.15, 0.2) is 0 Å². The highest BCUT2D eigenvalue weighted by Crippen LogP contribution is 2.71. The van der Waals surface area contributed by atoms with Crippen LogP contribution in [-0.2, 0) is 0 Å². The van der Waals surface area contributed by atoms with Crippen molar-refractivity contribution in [2.45, 2.75) is 59.0 Å². The van der Waals surface area contributed by atoms with E-state index < -0.39 is 0 Å². The van der Waals surface area contributed by atoms with Gasteiger partial charge in [-0.05, 0) is 54.3 Å². The lowest BCUT2D eigenvalue weighted by Crippen LogP contribution is -2.48. The van der Waals surface area contributed by atoms with Gasteiger partial charge < -0.3 is 5.11 Å². The van der Waals surface area contributed by atoms with Crippen LogP contribution in [0.4, 0.5) is 0 Å². The Morgan fingerprint density at radius 3 is 2.67 bits per heavy atom. The highest BCUT2D eigenvalue weighted by molar-refractivity contribution is 5.15. The molecule has 86 valence electrons. The quantitative estimate of drug-likeness (QED) is 0.648. The van der Waals surface area contributed by atoms with Crippen LogP contribution < -0.4 is 0 Å². The molecule has 1 heteroatoms. The summed E-state index contributed by atoms with van der Waals surface area (Å²) >= 11 is 0. The molecule has 0 aliphatic heterocycles. The molecular formula is C14H24O. The number of fused-ring (bicyclic) bond motifs is 1. The van der Waals surface area contributed by atoms with Gasteiger partial charge in [0.05, 0.1) is 6.10 Å².